The van der Waals surface area contributed by atoms with Gasteiger partial charge < -0.3 is 5.11 Å². The van der Waals surface area contributed by atoms with Crippen molar-refractivity contribution in [2.75, 3.05) is 0 Å². The van der Waals surface area contributed by atoms with Crippen LogP contribution in [0.5, 0.6) is 0 Å². The summed E-state index contributed by atoms with van der Waals surface area (Å²) in [4.78, 5) is 0. The Hall–Kier alpha value is -1.33. The number of rotatable bonds is 3. The SMILES string of the molecule is N#C[C@@H](c1ccccc1)[C@H](O)C1CCCCC1. The minimum Gasteiger partial charge on any atom is -0.391 e. The molecule has 1 saturated carbocycles. The highest BCUT2D eigenvalue weighted by molar-refractivity contribution is 5.26. The minimum absolute atomic E-state index is 0.300. The van der Waals surface area contributed by atoms with Crippen LogP contribution in [0.15, 0.2) is 30.3 Å². The monoisotopic (exact) mass is 229 g/mol. The molecule has 1 aromatic rings. The third kappa shape index (κ3) is 2.87. The van der Waals surface area contributed by atoms with E-state index < -0.39 is 6.10 Å². The van der Waals surface area contributed by atoms with Crippen molar-refractivity contribution >= 4 is 0 Å². The van der Waals surface area contributed by atoms with Gasteiger partial charge in [-0.1, -0.05) is 49.6 Å². The molecule has 1 aliphatic carbocycles. The first-order valence-corrected chi connectivity index (χ1v) is 6.45. The van der Waals surface area contributed by atoms with E-state index in [1.807, 2.05) is 30.3 Å². The summed E-state index contributed by atoms with van der Waals surface area (Å²) in [5, 5.41) is 19.6. The van der Waals surface area contributed by atoms with Crippen LogP contribution in [-0.2, 0) is 0 Å². The van der Waals surface area contributed by atoms with Crippen molar-refractivity contribution in [3.63, 3.8) is 0 Å². The van der Waals surface area contributed by atoms with E-state index in [9.17, 15) is 10.4 Å². The van der Waals surface area contributed by atoms with Gasteiger partial charge in [-0.3, -0.25) is 0 Å². The van der Waals surface area contributed by atoms with E-state index in [0.29, 0.717) is 5.92 Å². The molecule has 0 amide bonds. The van der Waals surface area contributed by atoms with Gasteiger partial charge in [0.15, 0.2) is 0 Å². The topological polar surface area (TPSA) is 44.0 Å². The Bertz CT molecular complexity index is 376. The summed E-state index contributed by atoms with van der Waals surface area (Å²) in [6.07, 6.45) is 5.26. The van der Waals surface area contributed by atoms with E-state index in [0.717, 1.165) is 18.4 Å². The van der Waals surface area contributed by atoms with Gasteiger partial charge in [0, 0.05) is 0 Å². The smallest absolute Gasteiger partial charge is 0.0974 e. The molecule has 1 aromatic carbocycles. The quantitative estimate of drug-likeness (QED) is 0.864. The molecule has 0 unspecified atom stereocenters. The van der Waals surface area contributed by atoms with Crippen LogP contribution >= 0.6 is 0 Å². The third-order valence-corrected chi connectivity index (χ3v) is 3.77. The van der Waals surface area contributed by atoms with Crippen molar-refractivity contribution in [3.05, 3.63) is 35.9 Å². The molecule has 0 radical (unpaired) electrons. The Morgan fingerprint density at radius 2 is 1.76 bits per heavy atom. The molecule has 2 atom stereocenters. The van der Waals surface area contributed by atoms with Gasteiger partial charge in [0.25, 0.3) is 0 Å². The van der Waals surface area contributed by atoms with Crippen molar-refractivity contribution in [3.8, 4) is 6.07 Å². The molecule has 1 N–H and O–H groups in total. The van der Waals surface area contributed by atoms with E-state index >= 15 is 0 Å². The van der Waals surface area contributed by atoms with Crippen LogP contribution in [-0.4, -0.2) is 11.2 Å². The van der Waals surface area contributed by atoms with Gasteiger partial charge in [0.2, 0.25) is 0 Å². The van der Waals surface area contributed by atoms with Gasteiger partial charge in [0.05, 0.1) is 18.1 Å². The number of aliphatic hydroxyl groups excluding tert-OH is 1. The van der Waals surface area contributed by atoms with Gasteiger partial charge >= 0.3 is 0 Å². The van der Waals surface area contributed by atoms with Crippen LogP contribution < -0.4 is 0 Å². The first-order chi connectivity index (χ1) is 8.33. The molecular formula is C15H19NO. The minimum atomic E-state index is -0.511. The molecule has 2 rings (SSSR count). The fourth-order valence-electron chi connectivity index (χ4n) is 2.76. The Balaban J connectivity index is 2.10. The highest BCUT2D eigenvalue weighted by Crippen LogP contribution is 2.33. The lowest BCUT2D eigenvalue weighted by atomic mass is 9.79. The maximum Gasteiger partial charge on any atom is 0.0974 e. The fourth-order valence-corrected chi connectivity index (χ4v) is 2.76. The molecule has 0 aromatic heterocycles. The Morgan fingerprint density at radius 1 is 1.12 bits per heavy atom. The van der Waals surface area contributed by atoms with E-state index in [2.05, 4.69) is 6.07 Å². The summed E-state index contributed by atoms with van der Waals surface area (Å²) in [5.74, 6) is -0.0760. The van der Waals surface area contributed by atoms with Crippen molar-refractivity contribution in [1.29, 1.82) is 5.26 Å². The molecular weight excluding hydrogens is 210 g/mol. The second kappa shape index (κ2) is 5.84. The second-order valence-corrected chi connectivity index (χ2v) is 4.91. The van der Waals surface area contributed by atoms with Crippen molar-refractivity contribution in [2.45, 2.75) is 44.1 Å². The molecule has 2 nitrogen and oxygen atoms in total. The summed E-state index contributed by atoms with van der Waals surface area (Å²) >= 11 is 0. The molecule has 0 aliphatic heterocycles. The van der Waals surface area contributed by atoms with Crippen molar-refractivity contribution in [2.24, 2.45) is 5.92 Å². The van der Waals surface area contributed by atoms with E-state index in [1.165, 1.54) is 19.3 Å². The normalized spacial score (nSPS) is 20.5. The maximum atomic E-state index is 10.4. The van der Waals surface area contributed by atoms with Crippen LogP contribution in [0.25, 0.3) is 0 Å². The first kappa shape index (κ1) is 12.1. The van der Waals surface area contributed by atoms with Crippen LogP contribution in [0.4, 0.5) is 0 Å². The summed E-state index contributed by atoms with van der Waals surface area (Å²) in [5.41, 5.74) is 0.938. The number of hydrogen-bond donors (Lipinski definition) is 1. The summed E-state index contributed by atoms with van der Waals surface area (Å²) in [7, 11) is 0. The van der Waals surface area contributed by atoms with Gasteiger partial charge in [-0.2, -0.15) is 5.26 Å². The largest absolute Gasteiger partial charge is 0.391 e. The number of hydrogen-bond acceptors (Lipinski definition) is 2. The predicted octanol–water partition coefficient (Wildman–Crippen LogP) is 3.23. The molecule has 0 heterocycles. The molecule has 17 heavy (non-hydrogen) atoms. The fraction of sp³-hybridized carbons (Fsp3) is 0.533. The Kier molecular flexibility index (Phi) is 4.17. The van der Waals surface area contributed by atoms with Crippen molar-refractivity contribution < 1.29 is 5.11 Å². The Labute approximate surface area is 103 Å². The highest BCUT2D eigenvalue weighted by Gasteiger charge is 2.29. The summed E-state index contributed by atoms with van der Waals surface area (Å²) in [6.45, 7) is 0. The Morgan fingerprint density at radius 3 is 2.35 bits per heavy atom. The molecule has 0 saturated heterocycles. The zero-order valence-corrected chi connectivity index (χ0v) is 10.0. The van der Waals surface area contributed by atoms with Crippen LogP contribution in [0.3, 0.4) is 0 Å². The van der Waals surface area contributed by atoms with Gasteiger partial charge in [-0.25, -0.2) is 0 Å². The standard InChI is InChI=1S/C15H19NO/c16-11-14(12-7-3-1-4-8-12)15(17)13-9-5-2-6-10-13/h1,3-4,7-8,13-15,17H,2,5-6,9-10H2/t14-,15+/m0/s1. The van der Waals surface area contributed by atoms with Gasteiger partial charge in [0.1, 0.15) is 0 Å². The van der Waals surface area contributed by atoms with Crippen LogP contribution in [0.2, 0.25) is 0 Å². The molecule has 0 bridgehead atoms. The summed E-state index contributed by atoms with van der Waals surface area (Å²) < 4.78 is 0. The second-order valence-electron chi connectivity index (χ2n) is 4.91. The summed E-state index contributed by atoms with van der Waals surface area (Å²) in [6, 6.07) is 11.9. The van der Waals surface area contributed by atoms with E-state index in [-0.39, 0.29) is 5.92 Å². The number of aliphatic hydroxyl groups is 1. The molecule has 1 aliphatic rings. The van der Waals surface area contributed by atoms with Crippen LogP contribution in [0.1, 0.15) is 43.6 Å². The lowest BCUT2D eigenvalue weighted by Crippen LogP contribution is -2.28. The molecule has 0 spiro atoms. The average Bonchev–Trinajstić information content (AvgIpc) is 2.42. The number of nitrogens with zero attached hydrogens (tertiary/aromatic N) is 1. The lowest BCUT2D eigenvalue weighted by Gasteiger charge is -2.29. The maximum absolute atomic E-state index is 10.4. The third-order valence-electron chi connectivity index (χ3n) is 3.77. The van der Waals surface area contributed by atoms with Gasteiger partial charge in [-0.05, 0) is 24.3 Å². The molecule has 90 valence electrons. The van der Waals surface area contributed by atoms with Crippen LogP contribution in [0, 0.1) is 17.2 Å². The number of nitriles is 1. The predicted molar refractivity (Wildman–Crippen MR) is 67.4 cm³/mol. The zero-order valence-electron chi connectivity index (χ0n) is 10.0. The molecule has 2 heteroatoms. The molecule has 1 fully saturated rings. The van der Waals surface area contributed by atoms with E-state index in [1.54, 1.807) is 0 Å². The lowest BCUT2D eigenvalue weighted by molar-refractivity contribution is 0.0744. The average molecular weight is 229 g/mol. The number of benzene rings is 1. The first-order valence-electron chi connectivity index (χ1n) is 6.45. The zero-order chi connectivity index (χ0) is 12.1. The van der Waals surface area contributed by atoms with Crippen molar-refractivity contribution in [1.82, 2.24) is 0 Å². The van der Waals surface area contributed by atoms with Gasteiger partial charge in [-0.15, -0.1) is 0 Å². The highest BCUT2D eigenvalue weighted by atomic mass is 16.3. The van der Waals surface area contributed by atoms with E-state index in [4.69, 9.17) is 0 Å².